The van der Waals surface area contributed by atoms with Crippen LogP contribution in [0, 0.1) is 5.82 Å². The fourth-order valence-corrected chi connectivity index (χ4v) is 3.46. The molecule has 0 atom stereocenters. The van der Waals surface area contributed by atoms with Gasteiger partial charge in [0, 0.05) is 24.0 Å². The molecule has 4 aromatic rings. The quantitative estimate of drug-likeness (QED) is 0.299. The van der Waals surface area contributed by atoms with Gasteiger partial charge in [-0.25, -0.2) is 9.18 Å². The zero-order chi connectivity index (χ0) is 24.9. The van der Waals surface area contributed by atoms with E-state index in [9.17, 15) is 23.9 Å². The van der Waals surface area contributed by atoms with Gasteiger partial charge in [-0.05, 0) is 53.9 Å². The number of halogens is 1. The Bertz CT molecular complexity index is 1430. The second-order valence-corrected chi connectivity index (χ2v) is 7.50. The summed E-state index contributed by atoms with van der Waals surface area (Å²) >= 11 is 0. The molecule has 0 aliphatic heterocycles. The summed E-state index contributed by atoms with van der Waals surface area (Å²) in [6, 6.07) is 11.8. The minimum absolute atomic E-state index is 0.000470. The van der Waals surface area contributed by atoms with Crippen LogP contribution in [-0.2, 0) is 11.2 Å². The lowest BCUT2D eigenvalue weighted by atomic mass is 9.99. The molecular weight excluding hydrogens is 455 g/mol. The summed E-state index contributed by atoms with van der Waals surface area (Å²) in [6.07, 6.45) is 4.70. The minimum Gasteiger partial charge on any atom is -0.505 e. The van der Waals surface area contributed by atoms with Crippen molar-refractivity contribution < 1.29 is 28.6 Å². The number of ether oxygens (including phenoxy) is 1. The van der Waals surface area contributed by atoms with Gasteiger partial charge in [-0.2, -0.15) is 0 Å². The van der Waals surface area contributed by atoms with Crippen molar-refractivity contribution in [2.45, 2.75) is 6.42 Å². The zero-order valence-electron chi connectivity index (χ0n) is 18.4. The maximum Gasteiger partial charge on any atom is 0.341 e. The molecule has 4 rings (SSSR count). The number of phenols is 1. The first-order valence-electron chi connectivity index (χ1n) is 10.4. The fraction of sp³-hybridized carbons (Fsp3) is 0.0800. The number of carbonyl (C=O) groups is 3. The van der Waals surface area contributed by atoms with E-state index in [1.807, 2.05) is 0 Å². The normalized spacial score (nSPS) is 10.6. The first-order chi connectivity index (χ1) is 16.9. The van der Waals surface area contributed by atoms with E-state index < -0.39 is 23.5 Å². The Morgan fingerprint density at radius 3 is 2.40 bits per heavy atom. The van der Waals surface area contributed by atoms with Crippen LogP contribution >= 0.6 is 0 Å². The maximum atomic E-state index is 13.2. The molecule has 0 aliphatic rings. The molecule has 176 valence electrons. The molecule has 35 heavy (non-hydrogen) atoms. The van der Waals surface area contributed by atoms with Crippen molar-refractivity contribution in [3.05, 3.63) is 101 Å². The minimum atomic E-state index is -0.866. The van der Waals surface area contributed by atoms with E-state index >= 15 is 0 Å². The maximum absolute atomic E-state index is 13.2. The molecule has 10 heteroatoms. The van der Waals surface area contributed by atoms with Gasteiger partial charge in [0.25, 0.3) is 11.8 Å². The highest BCUT2D eigenvalue weighted by Crippen LogP contribution is 2.32. The number of esters is 1. The number of benzene rings is 2. The average Bonchev–Trinajstić information content (AvgIpc) is 2.88. The Hall–Kier alpha value is -4.86. The van der Waals surface area contributed by atoms with Gasteiger partial charge in [0.15, 0.2) is 5.75 Å². The van der Waals surface area contributed by atoms with Crippen LogP contribution in [0.3, 0.4) is 0 Å². The summed E-state index contributed by atoms with van der Waals surface area (Å²) in [5, 5.41) is 10.9. The number of hydrogen-bond donors (Lipinski definition) is 3. The number of nitrogens with zero attached hydrogens (tertiary/aromatic N) is 2. The molecule has 2 heterocycles. The number of hydrazine groups is 1. The largest absolute Gasteiger partial charge is 0.505 e. The second-order valence-electron chi connectivity index (χ2n) is 7.50. The predicted octanol–water partition coefficient (Wildman–Crippen LogP) is 2.93. The van der Waals surface area contributed by atoms with Crippen LogP contribution in [0.5, 0.6) is 5.75 Å². The SMILES string of the molecule is COC(=O)c1cc(C(=O)NNC(=O)c2cccnc2)c2cc(Cc3ccc(F)cc3)cnc2c1O. The van der Waals surface area contributed by atoms with Crippen molar-refractivity contribution >= 4 is 28.7 Å². The summed E-state index contributed by atoms with van der Waals surface area (Å²) in [7, 11) is 1.14. The topological polar surface area (TPSA) is 131 Å². The Balaban J connectivity index is 1.71. The molecule has 0 aliphatic carbocycles. The number of aromatic hydroxyl groups is 1. The number of amides is 2. The fourth-order valence-electron chi connectivity index (χ4n) is 3.46. The molecule has 0 bridgehead atoms. The number of rotatable bonds is 5. The van der Waals surface area contributed by atoms with E-state index in [-0.39, 0.29) is 33.4 Å². The van der Waals surface area contributed by atoms with Crippen LogP contribution in [0.2, 0.25) is 0 Å². The summed E-state index contributed by atoms with van der Waals surface area (Å²) in [5.41, 5.74) is 5.99. The molecule has 9 nitrogen and oxygen atoms in total. The van der Waals surface area contributed by atoms with Crippen molar-refractivity contribution in [3.8, 4) is 5.75 Å². The predicted molar refractivity (Wildman–Crippen MR) is 123 cm³/mol. The van der Waals surface area contributed by atoms with Gasteiger partial charge in [0.05, 0.1) is 18.2 Å². The Morgan fingerprint density at radius 1 is 0.971 bits per heavy atom. The van der Waals surface area contributed by atoms with E-state index in [0.29, 0.717) is 12.0 Å². The molecule has 2 amide bonds. The van der Waals surface area contributed by atoms with Crippen molar-refractivity contribution in [2.24, 2.45) is 0 Å². The van der Waals surface area contributed by atoms with Crippen molar-refractivity contribution in [2.75, 3.05) is 7.11 Å². The number of carbonyl (C=O) groups excluding carboxylic acids is 3. The number of pyridine rings is 2. The highest BCUT2D eigenvalue weighted by atomic mass is 19.1. The number of fused-ring (bicyclic) bond motifs is 1. The molecule has 0 unspecified atom stereocenters. The molecule has 0 saturated carbocycles. The van der Waals surface area contributed by atoms with Gasteiger partial charge in [0.2, 0.25) is 0 Å². The highest BCUT2D eigenvalue weighted by molar-refractivity contribution is 6.12. The number of nitrogens with one attached hydrogen (secondary N) is 2. The first-order valence-corrected chi connectivity index (χ1v) is 10.4. The molecule has 0 fully saturated rings. The van der Waals surface area contributed by atoms with Crippen LogP contribution in [0.15, 0.2) is 67.1 Å². The standard InChI is InChI=1S/C25H19FN4O5/c1-35-25(34)20-11-19(24(33)30-29-23(32)16-3-2-8-27-13-16)18-10-15(12-28-21(18)22(20)31)9-14-4-6-17(26)7-5-14/h2-8,10-13,31H,9H2,1H3,(H,29,32)(H,30,33). The third-order valence-electron chi connectivity index (χ3n) is 5.19. The van der Waals surface area contributed by atoms with Gasteiger partial charge in [-0.3, -0.25) is 30.4 Å². The van der Waals surface area contributed by atoms with Crippen LogP contribution in [0.1, 0.15) is 42.2 Å². The van der Waals surface area contributed by atoms with E-state index in [1.165, 1.54) is 42.9 Å². The Morgan fingerprint density at radius 2 is 1.71 bits per heavy atom. The molecule has 2 aromatic carbocycles. The third kappa shape index (κ3) is 5.06. The van der Waals surface area contributed by atoms with Gasteiger partial charge in [-0.1, -0.05) is 12.1 Å². The number of aromatic nitrogens is 2. The Labute approximate surface area is 198 Å². The summed E-state index contributed by atoms with van der Waals surface area (Å²) in [6.45, 7) is 0. The van der Waals surface area contributed by atoms with E-state index in [2.05, 4.69) is 20.8 Å². The van der Waals surface area contributed by atoms with Gasteiger partial charge >= 0.3 is 5.97 Å². The van der Waals surface area contributed by atoms with Crippen molar-refractivity contribution in [1.82, 2.24) is 20.8 Å². The zero-order valence-corrected chi connectivity index (χ0v) is 18.4. The second kappa shape index (κ2) is 9.96. The average molecular weight is 474 g/mol. The monoisotopic (exact) mass is 474 g/mol. The van der Waals surface area contributed by atoms with E-state index in [0.717, 1.165) is 12.7 Å². The lowest BCUT2D eigenvalue weighted by molar-refractivity contribution is 0.0597. The van der Waals surface area contributed by atoms with Gasteiger partial charge in [-0.15, -0.1) is 0 Å². The van der Waals surface area contributed by atoms with Gasteiger partial charge < -0.3 is 9.84 Å². The molecule has 0 saturated heterocycles. The molecule has 3 N–H and O–H groups in total. The number of hydrogen-bond acceptors (Lipinski definition) is 7. The van der Waals surface area contributed by atoms with Gasteiger partial charge in [0.1, 0.15) is 16.9 Å². The lowest BCUT2D eigenvalue weighted by Crippen LogP contribution is -2.41. The number of phenolic OH excluding ortho intramolecular Hbond substituents is 1. The molecular formula is C25H19FN4O5. The lowest BCUT2D eigenvalue weighted by Gasteiger charge is -2.13. The van der Waals surface area contributed by atoms with Crippen LogP contribution in [0.4, 0.5) is 4.39 Å². The first kappa shape index (κ1) is 23.3. The van der Waals surface area contributed by atoms with Crippen LogP contribution in [0.25, 0.3) is 10.9 Å². The molecule has 0 spiro atoms. The molecule has 0 radical (unpaired) electrons. The summed E-state index contributed by atoms with van der Waals surface area (Å²) in [5.74, 6) is -3.03. The summed E-state index contributed by atoms with van der Waals surface area (Å²) < 4.78 is 17.9. The summed E-state index contributed by atoms with van der Waals surface area (Å²) in [4.78, 5) is 45.6. The highest BCUT2D eigenvalue weighted by Gasteiger charge is 2.22. The third-order valence-corrected chi connectivity index (χ3v) is 5.19. The Kier molecular flexibility index (Phi) is 6.63. The van der Waals surface area contributed by atoms with Crippen molar-refractivity contribution in [3.63, 3.8) is 0 Å². The van der Waals surface area contributed by atoms with E-state index in [1.54, 1.807) is 24.3 Å². The van der Waals surface area contributed by atoms with Crippen LogP contribution in [-0.4, -0.2) is 40.0 Å². The van der Waals surface area contributed by atoms with E-state index in [4.69, 9.17) is 4.74 Å². The van der Waals surface area contributed by atoms with Crippen molar-refractivity contribution in [1.29, 1.82) is 0 Å². The molecule has 2 aromatic heterocycles. The smallest absolute Gasteiger partial charge is 0.341 e. The van der Waals surface area contributed by atoms with Crippen LogP contribution < -0.4 is 10.9 Å². The number of methoxy groups -OCH3 is 1.